The number of halogens is 1. The molecule has 0 spiro atoms. The molecule has 1 aromatic heterocycles. The van der Waals surface area contributed by atoms with E-state index in [0.717, 1.165) is 52.4 Å². The van der Waals surface area contributed by atoms with Crippen molar-refractivity contribution in [2.24, 2.45) is 0 Å². The number of amides is 2. The average molecular weight is 598 g/mol. The van der Waals surface area contributed by atoms with Crippen LogP contribution in [0.3, 0.4) is 0 Å². The van der Waals surface area contributed by atoms with Gasteiger partial charge >= 0.3 is 0 Å². The van der Waals surface area contributed by atoms with Crippen molar-refractivity contribution in [1.82, 2.24) is 14.7 Å². The minimum atomic E-state index is -0.220. The SMILES string of the molecule is Cc1ccc(-n2nc(C(C)(C)C)cc2NC(=O)/C=C/c2ccc(CN3CCC(=O)N(c4ccccc4C)C3)cc2)cc1.Cl. The van der Waals surface area contributed by atoms with Crippen LogP contribution in [-0.4, -0.2) is 39.7 Å². The zero-order valence-electron chi connectivity index (χ0n) is 25.5. The molecule has 0 atom stereocenters. The van der Waals surface area contributed by atoms with Gasteiger partial charge in [-0.2, -0.15) is 5.10 Å². The molecule has 224 valence electrons. The summed E-state index contributed by atoms with van der Waals surface area (Å²) in [6.45, 7) is 12.5. The number of nitrogens with one attached hydrogen (secondary N) is 1. The van der Waals surface area contributed by atoms with E-state index >= 15 is 0 Å². The number of hydrogen-bond donors (Lipinski definition) is 1. The first-order valence-corrected chi connectivity index (χ1v) is 14.4. The Morgan fingerprint density at radius 1 is 0.977 bits per heavy atom. The number of aryl methyl sites for hydroxylation is 2. The summed E-state index contributed by atoms with van der Waals surface area (Å²) in [5.41, 5.74) is 6.97. The van der Waals surface area contributed by atoms with Crippen molar-refractivity contribution in [3.05, 3.63) is 113 Å². The highest BCUT2D eigenvalue weighted by atomic mass is 35.5. The van der Waals surface area contributed by atoms with Gasteiger partial charge < -0.3 is 5.32 Å². The summed E-state index contributed by atoms with van der Waals surface area (Å²) in [5, 5.41) is 7.81. The summed E-state index contributed by atoms with van der Waals surface area (Å²) >= 11 is 0. The smallest absolute Gasteiger partial charge is 0.249 e. The molecule has 1 N–H and O–H groups in total. The third-order valence-corrected chi connectivity index (χ3v) is 7.51. The quantitative estimate of drug-likeness (QED) is 0.232. The van der Waals surface area contributed by atoms with Gasteiger partial charge in [0.25, 0.3) is 0 Å². The second-order valence-electron chi connectivity index (χ2n) is 12.0. The van der Waals surface area contributed by atoms with Gasteiger partial charge in [-0.05, 0) is 54.8 Å². The zero-order chi connectivity index (χ0) is 29.9. The van der Waals surface area contributed by atoms with Gasteiger partial charge in [0, 0.05) is 42.8 Å². The Hall–Kier alpha value is -4.20. The summed E-state index contributed by atoms with van der Waals surface area (Å²) in [7, 11) is 0. The van der Waals surface area contributed by atoms with Gasteiger partial charge in [0.1, 0.15) is 5.82 Å². The number of nitrogens with zero attached hydrogens (tertiary/aromatic N) is 4. The normalized spacial score (nSPS) is 14.2. The molecular weight excluding hydrogens is 558 g/mol. The van der Waals surface area contributed by atoms with E-state index in [4.69, 9.17) is 5.10 Å². The molecule has 5 rings (SSSR count). The molecule has 2 heterocycles. The number of carbonyl (C=O) groups is 2. The van der Waals surface area contributed by atoms with Crippen molar-refractivity contribution in [2.45, 2.75) is 53.0 Å². The summed E-state index contributed by atoms with van der Waals surface area (Å²) in [6.07, 6.45) is 3.87. The molecule has 8 heteroatoms. The molecule has 0 bridgehead atoms. The van der Waals surface area contributed by atoms with E-state index in [-0.39, 0.29) is 29.6 Å². The van der Waals surface area contributed by atoms with E-state index in [0.29, 0.717) is 18.9 Å². The maximum absolute atomic E-state index is 12.9. The molecule has 1 saturated heterocycles. The minimum Gasteiger partial charge on any atom is -0.307 e. The summed E-state index contributed by atoms with van der Waals surface area (Å²) in [5.74, 6) is 0.575. The summed E-state index contributed by atoms with van der Waals surface area (Å²) < 4.78 is 1.79. The summed E-state index contributed by atoms with van der Waals surface area (Å²) in [6, 6.07) is 26.2. The molecule has 43 heavy (non-hydrogen) atoms. The number of benzene rings is 3. The molecule has 4 aromatic rings. The number of rotatable bonds is 7. The Labute approximate surface area is 260 Å². The van der Waals surface area contributed by atoms with Crippen LogP contribution in [0.5, 0.6) is 0 Å². The van der Waals surface area contributed by atoms with Crippen LogP contribution in [0.1, 0.15) is 55.1 Å². The van der Waals surface area contributed by atoms with Crippen LogP contribution < -0.4 is 10.2 Å². The van der Waals surface area contributed by atoms with E-state index in [2.05, 4.69) is 43.1 Å². The van der Waals surface area contributed by atoms with Gasteiger partial charge in [-0.3, -0.25) is 19.4 Å². The first-order chi connectivity index (χ1) is 20.1. The lowest BCUT2D eigenvalue weighted by atomic mass is 9.92. The fourth-order valence-electron chi connectivity index (χ4n) is 5.00. The highest BCUT2D eigenvalue weighted by Crippen LogP contribution is 2.27. The number of carbonyl (C=O) groups excluding carboxylic acids is 2. The van der Waals surface area contributed by atoms with Gasteiger partial charge in [-0.15, -0.1) is 12.4 Å². The number of para-hydroxylation sites is 1. The maximum Gasteiger partial charge on any atom is 0.249 e. The molecule has 0 unspecified atom stereocenters. The van der Waals surface area contributed by atoms with Crippen LogP contribution in [0.4, 0.5) is 11.5 Å². The predicted octanol–water partition coefficient (Wildman–Crippen LogP) is 7.06. The Kier molecular flexibility index (Phi) is 9.89. The molecule has 0 saturated carbocycles. The molecular formula is C35H40ClN5O2. The van der Waals surface area contributed by atoms with Crippen molar-refractivity contribution in [3.63, 3.8) is 0 Å². The largest absolute Gasteiger partial charge is 0.307 e. The standard InChI is InChI=1S/C35H39N5O2.ClH/c1-25-10-17-29(18-11-25)40-32(22-31(37-40)35(3,4)5)36-33(41)19-16-27-12-14-28(15-13-27)23-38-21-20-34(42)39(24-38)30-9-7-6-8-26(30)2;/h6-19,22H,20-21,23-24H2,1-5H3,(H,36,41);1H/b19-16+;. The third kappa shape index (κ3) is 7.80. The average Bonchev–Trinajstić information content (AvgIpc) is 3.39. The van der Waals surface area contributed by atoms with Crippen molar-refractivity contribution in [3.8, 4) is 5.69 Å². The fourth-order valence-corrected chi connectivity index (χ4v) is 5.00. The second-order valence-corrected chi connectivity index (χ2v) is 12.0. The topological polar surface area (TPSA) is 70.5 Å². The van der Waals surface area contributed by atoms with Crippen LogP contribution in [0.15, 0.2) is 84.9 Å². The lowest BCUT2D eigenvalue weighted by Gasteiger charge is -2.36. The van der Waals surface area contributed by atoms with Crippen LogP contribution in [0.2, 0.25) is 0 Å². The fraction of sp³-hybridized carbons (Fsp3) is 0.286. The maximum atomic E-state index is 12.9. The molecule has 1 aliphatic heterocycles. The first-order valence-electron chi connectivity index (χ1n) is 14.4. The molecule has 1 aliphatic rings. The Bertz CT molecular complexity index is 1600. The number of anilines is 2. The van der Waals surface area contributed by atoms with Crippen LogP contribution >= 0.6 is 12.4 Å². The molecule has 3 aromatic carbocycles. The summed E-state index contributed by atoms with van der Waals surface area (Å²) in [4.78, 5) is 29.7. The van der Waals surface area contributed by atoms with E-state index in [1.54, 1.807) is 10.8 Å². The highest BCUT2D eigenvalue weighted by Gasteiger charge is 2.26. The minimum absolute atomic E-state index is 0. The predicted molar refractivity (Wildman–Crippen MR) is 177 cm³/mol. The Morgan fingerprint density at radius 2 is 1.67 bits per heavy atom. The molecule has 2 amide bonds. The highest BCUT2D eigenvalue weighted by molar-refractivity contribution is 6.01. The monoisotopic (exact) mass is 597 g/mol. The molecule has 0 aliphatic carbocycles. The molecule has 7 nitrogen and oxygen atoms in total. The third-order valence-electron chi connectivity index (χ3n) is 7.51. The first kappa shape index (κ1) is 31.7. The van der Waals surface area contributed by atoms with Gasteiger partial charge in [0.05, 0.1) is 18.1 Å². The van der Waals surface area contributed by atoms with Gasteiger partial charge in [-0.25, -0.2) is 4.68 Å². The van der Waals surface area contributed by atoms with E-state index in [1.165, 1.54) is 0 Å². The van der Waals surface area contributed by atoms with E-state index < -0.39 is 0 Å². The van der Waals surface area contributed by atoms with Crippen LogP contribution in [-0.2, 0) is 21.5 Å². The molecule has 0 radical (unpaired) electrons. The van der Waals surface area contributed by atoms with Gasteiger partial charge in [0.2, 0.25) is 11.8 Å². The Balaban J connectivity index is 0.00000423. The van der Waals surface area contributed by atoms with Crippen LogP contribution in [0.25, 0.3) is 11.8 Å². The van der Waals surface area contributed by atoms with E-state index in [1.807, 2.05) is 91.6 Å². The lowest BCUT2D eigenvalue weighted by molar-refractivity contribution is -0.121. The van der Waals surface area contributed by atoms with Crippen molar-refractivity contribution >= 4 is 41.8 Å². The van der Waals surface area contributed by atoms with Crippen molar-refractivity contribution in [2.75, 3.05) is 23.4 Å². The zero-order valence-corrected chi connectivity index (χ0v) is 26.3. The van der Waals surface area contributed by atoms with Crippen molar-refractivity contribution < 1.29 is 9.59 Å². The van der Waals surface area contributed by atoms with E-state index in [9.17, 15) is 9.59 Å². The lowest BCUT2D eigenvalue weighted by Crippen LogP contribution is -2.48. The number of aromatic nitrogens is 2. The second kappa shape index (κ2) is 13.4. The molecule has 1 fully saturated rings. The van der Waals surface area contributed by atoms with Crippen LogP contribution in [0, 0.1) is 13.8 Å². The number of hydrogen-bond acceptors (Lipinski definition) is 4. The van der Waals surface area contributed by atoms with Gasteiger partial charge in [-0.1, -0.05) is 80.9 Å². The van der Waals surface area contributed by atoms with Gasteiger partial charge in [0.15, 0.2) is 0 Å². The Morgan fingerprint density at radius 3 is 2.35 bits per heavy atom. The van der Waals surface area contributed by atoms with Crippen molar-refractivity contribution in [1.29, 1.82) is 0 Å².